The minimum Gasteiger partial charge on any atom is -0.388 e. The minimum absolute atomic E-state index is 0.138. The van der Waals surface area contributed by atoms with Crippen LogP contribution in [-0.2, 0) is 4.74 Å². The van der Waals surface area contributed by atoms with Crippen LogP contribution in [0, 0.1) is 12.7 Å². The number of rotatable bonds is 4. The zero-order chi connectivity index (χ0) is 18.1. The van der Waals surface area contributed by atoms with Crippen LogP contribution in [0.15, 0.2) is 24.3 Å². The van der Waals surface area contributed by atoms with Crippen LogP contribution in [0.5, 0.6) is 0 Å². The summed E-state index contributed by atoms with van der Waals surface area (Å²) in [5, 5.41) is 18.1. The van der Waals surface area contributed by atoms with E-state index in [0.717, 1.165) is 0 Å². The molecular formula is C17H21FN4O3. The fourth-order valence-corrected chi connectivity index (χ4v) is 3.30. The number of likely N-dealkylation sites (N-methyl/N-ethyl adjacent to an activating group) is 1. The van der Waals surface area contributed by atoms with Crippen molar-refractivity contribution in [1.29, 1.82) is 0 Å². The first-order valence-corrected chi connectivity index (χ1v) is 8.11. The topological polar surface area (TPSA) is 80.5 Å². The summed E-state index contributed by atoms with van der Waals surface area (Å²) in [5.74, 6) is -0.808. The molecule has 1 N–H and O–H groups in total. The Morgan fingerprint density at radius 2 is 2.12 bits per heavy atom. The molecule has 3 rings (SSSR count). The summed E-state index contributed by atoms with van der Waals surface area (Å²) >= 11 is 0. The summed E-state index contributed by atoms with van der Waals surface area (Å²) in [7, 11) is 3.16. The Labute approximate surface area is 145 Å². The van der Waals surface area contributed by atoms with Gasteiger partial charge in [0.05, 0.1) is 17.8 Å². The van der Waals surface area contributed by atoms with Crippen molar-refractivity contribution < 1.29 is 19.0 Å². The fourth-order valence-electron chi connectivity index (χ4n) is 3.30. The molecule has 1 fully saturated rings. The highest BCUT2D eigenvalue weighted by Gasteiger charge is 2.39. The molecule has 134 valence electrons. The molecule has 8 heteroatoms. The highest BCUT2D eigenvalue weighted by molar-refractivity contribution is 5.93. The van der Waals surface area contributed by atoms with Crippen molar-refractivity contribution >= 4 is 5.91 Å². The van der Waals surface area contributed by atoms with Gasteiger partial charge in [0.15, 0.2) is 5.69 Å². The number of halogens is 1. The normalized spacial score (nSPS) is 23.0. The second kappa shape index (κ2) is 6.89. The van der Waals surface area contributed by atoms with E-state index < -0.39 is 11.9 Å². The lowest BCUT2D eigenvalue weighted by Crippen LogP contribution is -2.44. The van der Waals surface area contributed by atoms with Gasteiger partial charge in [-0.05, 0) is 31.9 Å². The van der Waals surface area contributed by atoms with Crippen LogP contribution in [0.25, 0.3) is 5.69 Å². The van der Waals surface area contributed by atoms with Gasteiger partial charge in [0.2, 0.25) is 0 Å². The van der Waals surface area contributed by atoms with Crippen molar-refractivity contribution in [2.24, 2.45) is 0 Å². The van der Waals surface area contributed by atoms with Gasteiger partial charge in [-0.1, -0.05) is 17.3 Å². The molecule has 1 aliphatic rings. The molecule has 25 heavy (non-hydrogen) atoms. The summed E-state index contributed by atoms with van der Waals surface area (Å²) in [6.07, 6.45) is 0.291. The van der Waals surface area contributed by atoms with Crippen molar-refractivity contribution in [3.8, 4) is 5.69 Å². The molecule has 1 heterocycles. The number of nitrogens with zero attached hydrogens (tertiary/aromatic N) is 4. The third-order valence-electron chi connectivity index (χ3n) is 4.82. The van der Waals surface area contributed by atoms with Crippen molar-refractivity contribution in [2.75, 3.05) is 14.2 Å². The van der Waals surface area contributed by atoms with E-state index in [4.69, 9.17) is 4.74 Å². The van der Waals surface area contributed by atoms with Gasteiger partial charge in [-0.15, -0.1) is 5.10 Å². The Morgan fingerprint density at radius 3 is 2.76 bits per heavy atom. The first-order chi connectivity index (χ1) is 12.0. The smallest absolute Gasteiger partial charge is 0.276 e. The highest BCUT2D eigenvalue weighted by atomic mass is 19.1. The number of benzene rings is 1. The number of aliphatic hydroxyl groups excluding tert-OH is 1. The number of carbonyl (C=O) groups is 1. The number of amides is 1. The van der Waals surface area contributed by atoms with Crippen molar-refractivity contribution in [3.05, 3.63) is 41.5 Å². The zero-order valence-corrected chi connectivity index (χ0v) is 14.4. The molecule has 0 radical (unpaired) electrons. The first kappa shape index (κ1) is 17.5. The van der Waals surface area contributed by atoms with Gasteiger partial charge in [0.1, 0.15) is 17.6 Å². The molecule has 3 atom stereocenters. The molecule has 0 bridgehead atoms. The lowest BCUT2D eigenvalue weighted by atomic mass is 10.1. The van der Waals surface area contributed by atoms with E-state index in [9.17, 15) is 14.3 Å². The van der Waals surface area contributed by atoms with Gasteiger partial charge in [0, 0.05) is 14.2 Å². The number of methoxy groups -OCH3 is 1. The summed E-state index contributed by atoms with van der Waals surface area (Å²) < 4.78 is 20.5. The van der Waals surface area contributed by atoms with Crippen LogP contribution in [0.4, 0.5) is 4.39 Å². The molecule has 1 aromatic carbocycles. The molecule has 0 spiro atoms. The van der Waals surface area contributed by atoms with Crippen LogP contribution < -0.4 is 0 Å². The predicted octanol–water partition coefficient (Wildman–Crippen LogP) is 1.33. The Bertz CT molecular complexity index is 779. The Kier molecular flexibility index (Phi) is 4.82. The molecule has 0 unspecified atom stereocenters. The quantitative estimate of drug-likeness (QED) is 0.901. The average Bonchev–Trinajstić information content (AvgIpc) is 3.17. The van der Waals surface area contributed by atoms with Crippen molar-refractivity contribution in [1.82, 2.24) is 19.9 Å². The maximum atomic E-state index is 14.0. The van der Waals surface area contributed by atoms with E-state index in [1.807, 2.05) is 0 Å². The van der Waals surface area contributed by atoms with Crippen LogP contribution >= 0.6 is 0 Å². The van der Waals surface area contributed by atoms with Crippen LogP contribution in [0.2, 0.25) is 0 Å². The number of ether oxygens (including phenoxy) is 1. The number of hydrogen-bond acceptors (Lipinski definition) is 5. The molecule has 2 aromatic rings. The first-order valence-electron chi connectivity index (χ1n) is 8.11. The van der Waals surface area contributed by atoms with Crippen LogP contribution in [-0.4, -0.2) is 63.3 Å². The van der Waals surface area contributed by atoms with Crippen LogP contribution in [0.3, 0.4) is 0 Å². The second-order valence-electron chi connectivity index (χ2n) is 6.21. The Balaban J connectivity index is 1.85. The molecule has 0 saturated heterocycles. The van der Waals surface area contributed by atoms with Gasteiger partial charge < -0.3 is 14.7 Å². The number of aromatic nitrogens is 3. The number of para-hydroxylation sites is 1. The van der Waals surface area contributed by atoms with Gasteiger partial charge in [-0.2, -0.15) is 0 Å². The monoisotopic (exact) mass is 348 g/mol. The molecule has 1 aromatic heterocycles. The maximum absolute atomic E-state index is 14.0. The van der Waals surface area contributed by atoms with Crippen LogP contribution in [0.1, 0.15) is 29.0 Å². The molecule has 7 nitrogen and oxygen atoms in total. The van der Waals surface area contributed by atoms with Gasteiger partial charge in [0.25, 0.3) is 5.91 Å². The molecule has 0 aliphatic heterocycles. The van der Waals surface area contributed by atoms with Gasteiger partial charge >= 0.3 is 0 Å². The molecular weight excluding hydrogens is 327 g/mol. The number of carbonyl (C=O) groups excluding carboxylic acids is 1. The van der Waals surface area contributed by atoms with Gasteiger partial charge in [-0.3, -0.25) is 4.79 Å². The lowest BCUT2D eigenvalue weighted by Gasteiger charge is -2.27. The van der Waals surface area contributed by atoms with Gasteiger partial charge in [-0.25, -0.2) is 9.07 Å². The van der Waals surface area contributed by atoms with E-state index >= 15 is 0 Å². The van der Waals surface area contributed by atoms with E-state index in [-0.39, 0.29) is 29.4 Å². The maximum Gasteiger partial charge on any atom is 0.276 e. The van der Waals surface area contributed by atoms with Crippen molar-refractivity contribution in [3.63, 3.8) is 0 Å². The largest absolute Gasteiger partial charge is 0.388 e. The highest BCUT2D eigenvalue weighted by Crippen LogP contribution is 2.27. The van der Waals surface area contributed by atoms with E-state index in [1.165, 1.54) is 15.6 Å². The summed E-state index contributed by atoms with van der Waals surface area (Å²) in [6.45, 7) is 1.66. The molecule has 1 saturated carbocycles. The van der Waals surface area contributed by atoms with E-state index in [0.29, 0.717) is 18.5 Å². The predicted molar refractivity (Wildman–Crippen MR) is 88.0 cm³/mol. The Morgan fingerprint density at radius 1 is 1.40 bits per heavy atom. The fraction of sp³-hybridized carbons (Fsp3) is 0.471. The zero-order valence-electron chi connectivity index (χ0n) is 14.4. The number of hydrogen-bond donors (Lipinski definition) is 1. The van der Waals surface area contributed by atoms with Crippen molar-refractivity contribution in [2.45, 2.75) is 38.0 Å². The standard InChI is InChI=1S/C17H21FN4O3/c1-10-15(19-20-22(10)12-7-5-4-6-11(12)18)17(24)21(2)13-8-9-14(25-3)16(13)23/h4-7,13-14,16,23H,8-9H2,1-3H3/t13-,14-,16-/m1/s1. The summed E-state index contributed by atoms with van der Waals surface area (Å²) in [6, 6.07) is 5.81. The Hall–Kier alpha value is -2.32. The third kappa shape index (κ3) is 3.03. The summed E-state index contributed by atoms with van der Waals surface area (Å²) in [5.41, 5.74) is 0.811. The SMILES string of the molecule is CO[C@@H]1CC[C@@H](N(C)C(=O)c2nnn(-c3ccccc3F)c2C)[C@H]1O. The number of aliphatic hydroxyl groups is 1. The lowest BCUT2D eigenvalue weighted by molar-refractivity contribution is -0.0157. The molecule has 1 aliphatic carbocycles. The second-order valence-corrected chi connectivity index (χ2v) is 6.21. The minimum atomic E-state index is -0.749. The summed E-state index contributed by atoms with van der Waals surface area (Å²) in [4.78, 5) is 14.3. The third-order valence-corrected chi connectivity index (χ3v) is 4.82. The molecule has 1 amide bonds. The van der Waals surface area contributed by atoms with E-state index in [1.54, 1.807) is 39.3 Å². The average molecular weight is 348 g/mol. The van der Waals surface area contributed by atoms with E-state index in [2.05, 4.69) is 10.3 Å².